The Kier molecular flexibility index (Phi) is 7.42. The number of nitrogens with one attached hydrogen (secondary N) is 1. The van der Waals surface area contributed by atoms with E-state index < -0.39 is 5.97 Å². The first-order valence-corrected chi connectivity index (χ1v) is 11.8. The maximum Gasteiger partial charge on any atom is 0.335 e. The van der Waals surface area contributed by atoms with E-state index in [0.717, 1.165) is 11.1 Å². The third-order valence-corrected chi connectivity index (χ3v) is 6.70. The number of aromatic carboxylic acids is 1. The van der Waals surface area contributed by atoms with Gasteiger partial charge in [-0.1, -0.05) is 65.7 Å². The molecule has 0 aliphatic rings. The number of hydrogen-bond acceptors (Lipinski definition) is 3. The molecule has 6 heteroatoms. The molecule has 174 valence electrons. The predicted octanol–water partition coefficient (Wildman–Crippen LogP) is 7.55. The molecule has 0 saturated heterocycles. The number of hydrogen-bond donors (Lipinski definition) is 2. The smallest absolute Gasteiger partial charge is 0.335 e. The van der Waals surface area contributed by atoms with Crippen LogP contribution in [0.1, 0.15) is 34.5 Å². The molecule has 4 aromatic rings. The zero-order valence-corrected chi connectivity index (χ0v) is 20.5. The second-order valence-electron chi connectivity index (χ2n) is 8.23. The van der Waals surface area contributed by atoms with E-state index in [9.17, 15) is 9.90 Å². The van der Waals surface area contributed by atoms with E-state index in [1.807, 2.05) is 31.2 Å². The van der Waals surface area contributed by atoms with Gasteiger partial charge in [-0.05, 0) is 77.2 Å². The van der Waals surface area contributed by atoms with Crippen LogP contribution in [0.3, 0.4) is 0 Å². The number of fused-ring (bicyclic) bond motifs is 1. The van der Waals surface area contributed by atoms with Crippen LogP contribution in [0.15, 0.2) is 72.8 Å². The lowest BCUT2D eigenvalue weighted by atomic mass is 10.00. The van der Waals surface area contributed by atoms with Crippen LogP contribution in [0.4, 0.5) is 0 Å². The van der Waals surface area contributed by atoms with Crippen molar-refractivity contribution in [1.82, 2.24) is 5.32 Å². The van der Waals surface area contributed by atoms with Gasteiger partial charge in [0.15, 0.2) is 0 Å². The molecule has 0 radical (unpaired) electrons. The monoisotopic (exact) mass is 493 g/mol. The summed E-state index contributed by atoms with van der Waals surface area (Å²) >= 11 is 12.4. The Morgan fingerprint density at radius 3 is 2.50 bits per heavy atom. The highest BCUT2D eigenvalue weighted by atomic mass is 35.5. The molecule has 0 aromatic heterocycles. The van der Waals surface area contributed by atoms with Gasteiger partial charge in [-0.2, -0.15) is 0 Å². The third kappa shape index (κ3) is 5.36. The van der Waals surface area contributed by atoms with Gasteiger partial charge in [-0.15, -0.1) is 0 Å². The molecule has 4 rings (SSSR count). The summed E-state index contributed by atoms with van der Waals surface area (Å²) in [6.07, 6.45) is 0. The van der Waals surface area contributed by atoms with Crippen molar-refractivity contribution in [2.75, 3.05) is 13.2 Å². The van der Waals surface area contributed by atoms with Crippen molar-refractivity contribution < 1.29 is 14.6 Å². The van der Waals surface area contributed by atoms with E-state index in [0.29, 0.717) is 34.5 Å². The zero-order valence-electron chi connectivity index (χ0n) is 18.9. The molecule has 34 heavy (non-hydrogen) atoms. The molecular formula is C28H25Cl2NO3. The van der Waals surface area contributed by atoms with E-state index in [1.54, 1.807) is 12.1 Å². The fraction of sp³-hybridized carbons (Fsp3) is 0.179. The first-order valence-electron chi connectivity index (χ1n) is 11.0. The average molecular weight is 494 g/mol. The molecule has 4 aromatic carbocycles. The Balaban J connectivity index is 1.47. The van der Waals surface area contributed by atoms with Crippen LogP contribution in [-0.2, 0) is 0 Å². The summed E-state index contributed by atoms with van der Waals surface area (Å²) in [5.74, 6) is -0.538. The molecule has 1 atom stereocenters. The number of carbonyl (C=O) groups is 1. The van der Waals surface area contributed by atoms with Crippen LogP contribution in [0.2, 0.25) is 10.0 Å². The van der Waals surface area contributed by atoms with Crippen molar-refractivity contribution in [1.29, 1.82) is 0 Å². The number of rotatable bonds is 8. The molecule has 0 spiro atoms. The van der Waals surface area contributed by atoms with Crippen LogP contribution in [0.5, 0.6) is 5.75 Å². The molecule has 0 saturated carbocycles. The highest BCUT2D eigenvalue weighted by Crippen LogP contribution is 2.34. The average Bonchev–Trinajstić information content (AvgIpc) is 2.84. The van der Waals surface area contributed by atoms with Gasteiger partial charge in [-0.25, -0.2) is 4.79 Å². The first kappa shape index (κ1) is 24.1. The lowest BCUT2D eigenvalue weighted by Crippen LogP contribution is -2.24. The number of carboxylic acid groups (broad SMARTS) is 1. The van der Waals surface area contributed by atoms with Crippen LogP contribution in [0.25, 0.3) is 21.9 Å². The third-order valence-electron chi connectivity index (χ3n) is 5.81. The number of ether oxygens (including phenoxy) is 1. The summed E-state index contributed by atoms with van der Waals surface area (Å²) in [5, 5.41) is 16.4. The summed E-state index contributed by atoms with van der Waals surface area (Å²) < 4.78 is 5.93. The molecule has 1 unspecified atom stereocenters. The summed E-state index contributed by atoms with van der Waals surface area (Å²) in [5.41, 5.74) is 3.67. The van der Waals surface area contributed by atoms with Crippen molar-refractivity contribution in [3.8, 4) is 16.9 Å². The molecule has 0 aliphatic carbocycles. The first-order chi connectivity index (χ1) is 16.3. The summed E-state index contributed by atoms with van der Waals surface area (Å²) in [6, 6.07) is 23.3. The standard InChI is InChI=1S/C28H25Cl2NO3/c1-17-12-20(16-26(29)27(17)30)21-13-22(28(32)33)15-23(14-21)34-11-10-31-18(2)24-9-5-7-19-6-3-4-8-25(19)24/h3-9,12-16,18,31H,10-11H2,1-2H3,(H,32,33). The lowest BCUT2D eigenvalue weighted by Gasteiger charge is -2.17. The Bertz CT molecular complexity index is 1320. The van der Waals surface area contributed by atoms with Crippen LogP contribution in [-0.4, -0.2) is 24.2 Å². The number of aryl methyl sites for hydroxylation is 1. The fourth-order valence-electron chi connectivity index (χ4n) is 4.05. The minimum atomic E-state index is -1.02. The Morgan fingerprint density at radius 1 is 1.00 bits per heavy atom. The maximum atomic E-state index is 11.7. The highest BCUT2D eigenvalue weighted by Gasteiger charge is 2.13. The topological polar surface area (TPSA) is 58.6 Å². The van der Waals surface area contributed by atoms with Gasteiger partial charge in [0.25, 0.3) is 0 Å². The SMILES string of the molecule is Cc1cc(-c2cc(OCCNC(C)c3cccc4ccccc34)cc(C(=O)O)c2)cc(Cl)c1Cl. The Morgan fingerprint density at radius 2 is 1.74 bits per heavy atom. The molecule has 4 nitrogen and oxygen atoms in total. The Hall–Kier alpha value is -3.05. The van der Waals surface area contributed by atoms with Crippen molar-refractivity contribution >= 4 is 39.9 Å². The van der Waals surface area contributed by atoms with Crippen LogP contribution >= 0.6 is 23.2 Å². The summed E-state index contributed by atoms with van der Waals surface area (Å²) in [4.78, 5) is 11.7. The predicted molar refractivity (Wildman–Crippen MR) is 139 cm³/mol. The second kappa shape index (κ2) is 10.5. The molecular weight excluding hydrogens is 469 g/mol. The van der Waals surface area contributed by atoms with Gasteiger partial charge in [0.1, 0.15) is 12.4 Å². The molecule has 0 amide bonds. The minimum absolute atomic E-state index is 0.134. The Labute approximate surface area is 209 Å². The van der Waals surface area contributed by atoms with Gasteiger partial charge >= 0.3 is 5.97 Å². The maximum absolute atomic E-state index is 11.7. The lowest BCUT2D eigenvalue weighted by molar-refractivity contribution is 0.0696. The van der Waals surface area contributed by atoms with Gasteiger partial charge in [0.05, 0.1) is 15.6 Å². The van der Waals surface area contributed by atoms with Crippen molar-refractivity contribution in [3.05, 3.63) is 99.5 Å². The minimum Gasteiger partial charge on any atom is -0.492 e. The number of halogens is 2. The van der Waals surface area contributed by atoms with E-state index in [4.69, 9.17) is 27.9 Å². The van der Waals surface area contributed by atoms with Crippen LogP contribution in [0, 0.1) is 6.92 Å². The number of benzene rings is 4. The molecule has 0 aliphatic heterocycles. The van der Waals surface area contributed by atoms with Crippen molar-refractivity contribution in [3.63, 3.8) is 0 Å². The second-order valence-corrected chi connectivity index (χ2v) is 9.02. The highest BCUT2D eigenvalue weighted by molar-refractivity contribution is 6.42. The van der Waals surface area contributed by atoms with Crippen LogP contribution < -0.4 is 10.1 Å². The van der Waals surface area contributed by atoms with E-state index in [-0.39, 0.29) is 11.6 Å². The van der Waals surface area contributed by atoms with E-state index in [2.05, 4.69) is 42.6 Å². The normalized spacial score (nSPS) is 12.0. The van der Waals surface area contributed by atoms with Gasteiger partial charge in [-0.3, -0.25) is 0 Å². The van der Waals surface area contributed by atoms with Crippen molar-refractivity contribution in [2.45, 2.75) is 19.9 Å². The molecule has 0 heterocycles. The summed E-state index contributed by atoms with van der Waals surface area (Å²) in [7, 11) is 0. The number of carboxylic acids is 1. The zero-order chi connectivity index (χ0) is 24.2. The van der Waals surface area contributed by atoms with Crippen molar-refractivity contribution in [2.24, 2.45) is 0 Å². The van der Waals surface area contributed by atoms with Gasteiger partial charge < -0.3 is 15.2 Å². The molecule has 2 N–H and O–H groups in total. The van der Waals surface area contributed by atoms with Gasteiger partial charge in [0.2, 0.25) is 0 Å². The molecule has 0 bridgehead atoms. The largest absolute Gasteiger partial charge is 0.492 e. The fourth-order valence-corrected chi connectivity index (χ4v) is 4.42. The van der Waals surface area contributed by atoms with E-state index >= 15 is 0 Å². The summed E-state index contributed by atoms with van der Waals surface area (Å²) in [6.45, 7) is 4.97. The van der Waals surface area contributed by atoms with Gasteiger partial charge in [0, 0.05) is 12.6 Å². The van der Waals surface area contributed by atoms with E-state index in [1.165, 1.54) is 22.4 Å². The molecule has 0 fully saturated rings. The quantitative estimate of drug-likeness (QED) is 0.248.